The molecule has 4 atom stereocenters. The molecule has 0 aromatic carbocycles. The summed E-state index contributed by atoms with van der Waals surface area (Å²) in [7, 11) is 0. The zero-order chi connectivity index (χ0) is 16.4. The van der Waals surface area contributed by atoms with Crippen LogP contribution in [-0.2, 0) is 16.1 Å². The van der Waals surface area contributed by atoms with Crippen LogP contribution in [0.1, 0.15) is 11.1 Å². The summed E-state index contributed by atoms with van der Waals surface area (Å²) in [6.07, 6.45) is -2.47. The SMILES string of the molecule is O=c1ccn([C@@H]2O[C@H](CO)[C@@H](O)[C@H]2OCc2cccs2)c(=O)[nH]1. The Morgan fingerprint density at radius 2 is 2.22 bits per heavy atom. The average molecular weight is 340 g/mol. The monoisotopic (exact) mass is 340 g/mol. The van der Waals surface area contributed by atoms with Crippen molar-refractivity contribution < 1.29 is 19.7 Å². The Morgan fingerprint density at radius 3 is 2.87 bits per heavy atom. The molecule has 0 radical (unpaired) electrons. The molecule has 0 aliphatic carbocycles. The van der Waals surface area contributed by atoms with Crippen LogP contribution >= 0.6 is 11.3 Å². The van der Waals surface area contributed by atoms with Gasteiger partial charge in [0.2, 0.25) is 0 Å². The van der Waals surface area contributed by atoms with E-state index in [0.29, 0.717) is 0 Å². The normalized spacial score (nSPS) is 27.4. The van der Waals surface area contributed by atoms with Crippen LogP contribution in [0.25, 0.3) is 0 Å². The van der Waals surface area contributed by atoms with Gasteiger partial charge in [0.25, 0.3) is 5.56 Å². The summed E-state index contributed by atoms with van der Waals surface area (Å²) in [6.45, 7) is -0.163. The lowest BCUT2D eigenvalue weighted by Gasteiger charge is -2.21. The number of thiophene rings is 1. The van der Waals surface area contributed by atoms with E-state index in [9.17, 15) is 19.8 Å². The highest BCUT2D eigenvalue weighted by atomic mass is 32.1. The van der Waals surface area contributed by atoms with Crippen LogP contribution in [-0.4, -0.2) is 44.7 Å². The first-order chi connectivity index (χ1) is 11.1. The number of hydrogen-bond acceptors (Lipinski definition) is 7. The Kier molecular flexibility index (Phi) is 4.74. The lowest BCUT2D eigenvalue weighted by atomic mass is 10.1. The zero-order valence-corrected chi connectivity index (χ0v) is 12.8. The Hall–Kier alpha value is -1.78. The lowest BCUT2D eigenvalue weighted by Crippen LogP contribution is -2.39. The Bertz CT molecular complexity index is 755. The molecule has 8 nitrogen and oxygen atoms in total. The number of aromatic nitrogens is 2. The van der Waals surface area contributed by atoms with Crippen LogP contribution in [0.3, 0.4) is 0 Å². The first-order valence-corrected chi connectivity index (χ1v) is 7.88. The predicted molar refractivity (Wildman–Crippen MR) is 81.2 cm³/mol. The van der Waals surface area contributed by atoms with Crippen molar-refractivity contribution in [2.45, 2.75) is 31.1 Å². The van der Waals surface area contributed by atoms with Gasteiger partial charge in [-0.1, -0.05) is 6.07 Å². The van der Waals surface area contributed by atoms with Crippen LogP contribution in [0, 0.1) is 0 Å². The van der Waals surface area contributed by atoms with Gasteiger partial charge in [-0.25, -0.2) is 4.79 Å². The number of aliphatic hydroxyl groups excluding tert-OH is 2. The zero-order valence-electron chi connectivity index (χ0n) is 12.0. The number of hydrogen-bond donors (Lipinski definition) is 3. The molecule has 0 spiro atoms. The van der Waals surface area contributed by atoms with Gasteiger partial charge >= 0.3 is 5.69 Å². The van der Waals surface area contributed by atoms with Crippen LogP contribution in [0.15, 0.2) is 39.4 Å². The molecule has 1 fully saturated rings. The largest absolute Gasteiger partial charge is 0.394 e. The number of rotatable bonds is 5. The maximum absolute atomic E-state index is 11.9. The Labute approximate surface area is 134 Å². The van der Waals surface area contributed by atoms with Crippen molar-refractivity contribution in [1.29, 1.82) is 0 Å². The van der Waals surface area contributed by atoms with E-state index in [-0.39, 0.29) is 6.61 Å². The third-order valence-electron chi connectivity index (χ3n) is 3.62. The molecule has 0 unspecified atom stereocenters. The smallest absolute Gasteiger partial charge is 0.330 e. The summed E-state index contributed by atoms with van der Waals surface area (Å²) in [5, 5.41) is 21.5. The Morgan fingerprint density at radius 1 is 1.39 bits per heavy atom. The van der Waals surface area contributed by atoms with Crippen LogP contribution < -0.4 is 11.2 Å². The van der Waals surface area contributed by atoms with Crippen molar-refractivity contribution in [2.75, 3.05) is 6.61 Å². The Balaban J connectivity index is 1.85. The average Bonchev–Trinajstić information content (AvgIpc) is 3.13. The minimum absolute atomic E-state index is 0.246. The fourth-order valence-corrected chi connectivity index (χ4v) is 3.10. The van der Waals surface area contributed by atoms with E-state index < -0.39 is 42.4 Å². The minimum atomic E-state index is -1.09. The van der Waals surface area contributed by atoms with Crippen molar-refractivity contribution in [2.24, 2.45) is 0 Å². The van der Waals surface area contributed by atoms with Gasteiger partial charge < -0.3 is 19.7 Å². The molecular formula is C14H16N2O6S. The van der Waals surface area contributed by atoms with Crippen molar-refractivity contribution in [3.63, 3.8) is 0 Å². The maximum atomic E-state index is 11.9. The van der Waals surface area contributed by atoms with E-state index in [2.05, 4.69) is 4.98 Å². The van der Waals surface area contributed by atoms with Gasteiger partial charge in [-0.05, 0) is 11.4 Å². The topological polar surface area (TPSA) is 114 Å². The third-order valence-corrected chi connectivity index (χ3v) is 4.47. The van der Waals surface area contributed by atoms with Gasteiger partial charge in [0.15, 0.2) is 6.23 Å². The van der Waals surface area contributed by atoms with E-state index in [1.165, 1.54) is 23.6 Å². The number of ether oxygens (including phenoxy) is 2. The summed E-state index contributed by atoms with van der Waals surface area (Å²) in [5.41, 5.74) is -1.20. The van der Waals surface area contributed by atoms with E-state index in [0.717, 1.165) is 9.44 Å². The summed E-state index contributed by atoms with van der Waals surface area (Å²) in [6, 6.07) is 4.95. The van der Waals surface area contributed by atoms with Gasteiger partial charge in [0.05, 0.1) is 13.2 Å². The first kappa shape index (κ1) is 16.1. The van der Waals surface area contributed by atoms with Crippen molar-refractivity contribution in [3.05, 3.63) is 55.5 Å². The van der Waals surface area contributed by atoms with E-state index >= 15 is 0 Å². The fourth-order valence-electron chi connectivity index (χ4n) is 2.47. The van der Waals surface area contributed by atoms with E-state index in [1.807, 2.05) is 17.5 Å². The van der Waals surface area contributed by atoms with Gasteiger partial charge in [-0.2, -0.15) is 0 Å². The van der Waals surface area contributed by atoms with E-state index in [1.54, 1.807) is 0 Å². The molecule has 0 saturated carbocycles. The molecule has 23 heavy (non-hydrogen) atoms. The van der Waals surface area contributed by atoms with Crippen molar-refractivity contribution >= 4 is 11.3 Å². The second-order valence-corrected chi connectivity index (χ2v) is 6.14. The highest BCUT2D eigenvalue weighted by Gasteiger charge is 2.45. The minimum Gasteiger partial charge on any atom is -0.394 e. The predicted octanol–water partition coefficient (Wildman–Crippen LogP) is -0.566. The molecular weight excluding hydrogens is 324 g/mol. The first-order valence-electron chi connectivity index (χ1n) is 7.00. The second-order valence-electron chi connectivity index (χ2n) is 5.11. The number of nitrogens with one attached hydrogen (secondary N) is 1. The number of aliphatic hydroxyl groups is 2. The molecule has 3 N–H and O–H groups in total. The third kappa shape index (κ3) is 3.28. The number of nitrogens with zero attached hydrogens (tertiary/aromatic N) is 1. The molecule has 1 aliphatic heterocycles. The summed E-state index contributed by atoms with van der Waals surface area (Å²) in [5.74, 6) is 0. The molecule has 0 bridgehead atoms. The van der Waals surface area contributed by atoms with Crippen molar-refractivity contribution in [3.8, 4) is 0 Å². The molecule has 2 aromatic rings. The fraction of sp³-hybridized carbons (Fsp3) is 0.429. The standard InChI is InChI=1S/C14H16N2O6S/c17-6-9-11(19)12(21-7-8-2-1-5-23-8)13(22-9)16-4-3-10(18)15-14(16)20/h1-5,9,11-13,17,19H,6-7H2,(H,15,18,20)/t9-,11-,12-,13-/m1/s1. The van der Waals surface area contributed by atoms with E-state index in [4.69, 9.17) is 9.47 Å². The molecule has 9 heteroatoms. The maximum Gasteiger partial charge on any atom is 0.330 e. The van der Waals surface area contributed by atoms with Gasteiger partial charge in [0.1, 0.15) is 18.3 Å². The van der Waals surface area contributed by atoms with Crippen LogP contribution in [0.4, 0.5) is 0 Å². The molecule has 2 aromatic heterocycles. The van der Waals surface area contributed by atoms with Gasteiger partial charge in [-0.3, -0.25) is 14.3 Å². The van der Waals surface area contributed by atoms with Gasteiger partial charge in [0, 0.05) is 17.1 Å². The van der Waals surface area contributed by atoms with Crippen LogP contribution in [0.5, 0.6) is 0 Å². The molecule has 3 heterocycles. The molecule has 124 valence electrons. The molecule has 1 aliphatic rings. The summed E-state index contributed by atoms with van der Waals surface area (Å²) >= 11 is 1.50. The number of H-pyrrole nitrogens is 1. The molecule has 0 amide bonds. The quantitative estimate of drug-likeness (QED) is 0.672. The summed E-state index contributed by atoms with van der Waals surface area (Å²) in [4.78, 5) is 26.2. The summed E-state index contributed by atoms with van der Waals surface area (Å²) < 4.78 is 12.4. The number of aromatic amines is 1. The van der Waals surface area contributed by atoms with Crippen molar-refractivity contribution in [1.82, 2.24) is 9.55 Å². The highest BCUT2D eigenvalue weighted by molar-refractivity contribution is 7.09. The second kappa shape index (κ2) is 6.77. The highest BCUT2D eigenvalue weighted by Crippen LogP contribution is 2.31. The van der Waals surface area contributed by atoms with Crippen LogP contribution in [0.2, 0.25) is 0 Å². The molecule has 1 saturated heterocycles. The van der Waals surface area contributed by atoms with Gasteiger partial charge in [-0.15, -0.1) is 11.3 Å². The lowest BCUT2D eigenvalue weighted by molar-refractivity contribution is -0.0792. The molecule has 3 rings (SSSR count).